The molecule has 246 valence electrons. The van der Waals surface area contributed by atoms with Crippen molar-refractivity contribution < 1.29 is 38.4 Å². The topological polar surface area (TPSA) is 185 Å². The first-order valence-electron chi connectivity index (χ1n) is 14.6. The number of urea groups is 1. The molecule has 0 spiro atoms. The average Bonchev–Trinajstić information content (AvgIpc) is 3.32. The van der Waals surface area contributed by atoms with Crippen LogP contribution in [0.3, 0.4) is 0 Å². The van der Waals surface area contributed by atoms with Crippen molar-refractivity contribution in [2.24, 2.45) is 0 Å². The van der Waals surface area contributed by atoms with E-state index < -0.39 is 39.1 Å². The van der Waals surface area contributed by atoms with E-state index in [0.29, 0.717) is 29.3 Å². The number of carbonyl (C=O) groups excluding carboxylic acids is 3. The molecular weight excluding hydrogens is 626 g/mol. The third kappa shape index (κ3) is 6.42. The van der Waals surface area contributed by atoms with Crippen molar-refractivity contribution >= 4 is 41.0 Å². The third-order valence-electron chi connectivity index (χ3n) is 7.33. The van der Waals surface area contributed by atoms with Crippen molar-refractivity contribution in [3.05, 3.63) is 109 Å². The number of hydrogen-bond acceptors (Lipinski definition) is 10. The molecule has 15 nitrogen and oxygen atoms in total. The van der Waals surface area contributed by atoms with Gasteiger partial charge < -0.3 is 18.8 Å². The lowest BCUT2D eigenvalue weighted by molar-refractivity contribution is -0.394. The Kier molecular flexibility index (Phi) is 9.22. The van der Waals surface area contributed by atoms with Crippen LogP contribution < -0.4 is 24.4 Å². The summed E-state index contributed by atoms with van der Waals surface area (Å²) in [5.74, 6) is -0.954. The van der Waals surface area contributed by atoms with E-state index in [-0.39, 0.29) is 35.1 Å². The Hall–Kier alpha value is -6.51. The summed E-state index contributed by atoms with van der Waals surface area (Å²) in [5, 5.41) is 24.8. The fourth-order valence-corrected chi connectivity index (χ4v) is 5.21. The van der Waals surface area contributed by atoms with E-state index in [1.807, 2.05) is 11.5 Å². The molecule has 0 radical (unpaired) electrons. The summed E-state index contributed by atoms with van der Waals surface area (Å²) in [4.78, 5) is 61.5. The zero-order valence-corrected chi connectivity index (χ0v) is 26.2. The Bertz CT molecular complexity index is 2000. The van der Waals surface area contributed by atoms with Crippen molar-refractivity contribution in [1.29, 1.82) is 0 Å². The molecular formula is C33H29N5O10. The number of nitrogens with zero attached hydrogens (tertiary/aromatic N) is 4. The van der Waals surface area contributed by atoms with Crippen LogP contribution in [0, 0.1) is 34.1 Å². The van der Waals surface area contributed by atoms with Crippen LogP contribution in [0.4, 0.5) is 21.9 Å². The van der Waals surface area contributed by atoms with E-state index in [2.05, 4.69) is 5.32 Å². The van der Waals surface area contributed by atoms with Gasteiger partial charge in [-0.25, -0.2) is 9.69 Å². The van der Waals surface area contributed by atoms with Crippen LogP contribution in [0.1, 0.15) is 30.8 Å². The maximum absolute atomic E-state index is 13.7. The number of barbiturate groups is 1. The molecule has 1 aliphatic rings. The number of amides is 4. The van der Waals surface area contributed by atoms with Crippen molar-refractivity contribution in [1.82, 2.24) is 9.88 Å². The number of benzene rings is 3. The Morgan fingerprint density at radius 2 is 1.48 bits per heavy atom. The summed E-state index contributed by atoms with van der Waals surface area (Å²) in [6, 6.07) is 15.2. The van der Waals surface area contributed by atoms with E-state index in [0.717, 1.165) is 28.8 Å². The maximum Gasteiger partial charge on any atom is 0.336 e. The molecule has 48 heavy (non-hydrogen) atoms. The lowest BCUT2D eigenvalue weighted by atomic mass is 10.1. The molecule has 5 rings (SSSR count). The molecule has 0 bridgehead atoms. The highest BCUT2D eigenvalue weighted by Crippen LogP contribution is 2.37. The summed E-state index contributed by atoms with van der Waals surface area (Å²) < 4.78 is 18.7. The van der Waals surface area contributed by atoms with Gasteiger partial charge in [-0.2, -0.15) is 0 Å². The van der Waals surface area contributed by atoms with E-state index in [1.54, 1.807) is 63.2 Å². The summed E-state index contributed by atoms with van der Waals surface area (Å²) in [7, 11) is 0. The molecule has 1 aliphatic heterocycles. The largest absolute Gasteiger partial charge is 0.494 e. The van der Waals surface area contributed by atoms with Crippen molar-refractivity contribution in [2.75, 3.05) is 18.1 Å². The molecule has 3 aromatic carbocycles. The van der Waals surface area contributed by atoms with Crippen LogP contribution in [-0.2, 0) is 9.59 Å². The lowest BCUT2D eigenvalue weighted by Crippen LogP contribution is -2.54. The molecule has 0 aliphatic carbocycles. The van der Waals surface area contributed by atoms with Gasteiger partial charge in [-0.3, -0.25) is 35.1 Å². The monoisotopic (exact) mass is 655 g/mol. The number of aryl methyl sites for hydroxylation is 1. The highest BCUT2D eigenvalue weighted by Gasteiger charge is 2.38. The van der Waals surface area contributed by atoms with Crippen molar-refractivity contribution in [2.45, 2.75) is 27.7 Å². The second-order valence-electron chi connectivity index (χ2n) is 10.4. The smallest absolute Gasteiger partial charge is 0.336 e. The van der Waals surface area contributed by atoms with Gasteiger partial charge in [0.05, 0.1) is 34.8 Å². The van der Waals surface area contributed by atoms with Crippen LogP contribution in [0.5, 0.6) is 23.0 Å². The minimum Gasteiger partial charge on any atom is -0.494 e. The molecule has 1 aromatic heterocycles. The zero-order valence-electron chi connectivity index (χ0n) is 26.2. The molecule has 2 heterocycles. The Morgan fingerprint density at radius 3 is 2.12 bits per heavy atom. The Balaban J connectivity index is 1.45. The van der Waals surface area contributed by atoms with Gasteiger partial charge in [-0.15, -0.1) is 0 Å². The highest BCUT2D eigenvalue weighted by molar-refractivity contribution is 6.39. The number of nitro groups is 2. The quantitative estimate of drug-likeness (QED) is 0.0848. The molecule has 1 saturated heterocycles. The highest BCUT2D eigenvalue weighted by atomic mass is 16.6. The van der Waals surface area contributed by atoms with Crippen molar-refractivity contribution in [3.63, 3.8) is 0 Å². The lowest BCUT2D eigenvalue weighted by Gasteiger charge is -2.28. The van der Waals surface area contributed by atoms with Gasteiger partial charge >= 0.3 is 11.7 Å². The van der Waals surface area contributed by atoms with Crippen LogP contribution in [0.2, 0.25) is 0 Å². The third-order valence-corrected chi connectivity index (χ3v) is 7.33. The number of hydrogen-bond donors (Lipinski definition) is 1. The number of non-ortho nitro benzene ring substituents is 1. The maximum atomic E-state index is 13.7. The minimum absolute atomic E-state index is 0.121. The standard InChI is InChI=1S/C33H29N5O10/c1-5-46-25-12-14-29(47-6-2)27(18-25)36-32(40)26(31(39)34-33(36)41)16-21-15-19(3)35(20(21)4)22-7-10-24(11-8-22)48-30-13-9-23(37(42)43)17-28(30)38(44)45/h7-18H,5-6H2,1-4H3,(H,34,39,41)/b26-16+. The first-order chi connectivity index (χ1) is 22.9. The SMILES string of the molecule is CCOc1ccc(OCC)c(N2C(=O)NC(=O)/C(=C\c3cc(C)n(-c4ccc(Oc5ccc([N+](=O)[O-])cc5[N+](=O)[O-])cc4)c3C)C2=O)c1. The Morgan fingerprint density at radius 1 is 0.812 bits per heavy atom. The van der Waals surface area contributed by atoms with Crippen LogP contribution in [0.25, 0.3) is 11.8 Å². The second-order valence-corrected chi connectivity index (χ2v) is 10.4. The second kappa shape index (κ2) is 13.5. The van der Waals surface area contributed by atoms with Gasteiger partial charge in [0, 0.05) is 29.2 Å². The number of nitro benzene ring substituents is 2. The zero-order chi connectivity index (χ0) is 34.7. The van der Waals surface area contributed by atoms with Crippen LogP contribution >= 0.6 is 0 Å². The Labute approximate surface area is 273 Å². The molecule has 1 fully saturated rings. The van der Waals surface area contributed by atoms with Gasteiger partial charge in [0.2, 0.25) is 5.75 Å². The number of imide groups is 2. The fourth-order valence-electron chi connectivity index (χ4n) is 5.21. The molecule has 4 aromatic rings. The summed E-state index contributed by atoms with van der Waals surface area (Å²) in [6.07, 6.45) is 1.41. The first-order valence-corrected chi connectivity index (χ1v) is 14.6. The number of ether oxygens (including phenoxy) is 3. The number of carbonyl (C=O) groups is 3. The average molecular weight is 656 g/mol. The molecule has 0 saturated carbocycles. The van der Waals surface area contributed by atoms with Gasteiger partial charge in [-0.1, -0.05) is 0 Å². The summed E-state index contributed by atoms with van der Waals surface area (Å²) in [6.45, 7) is 7.79. The minimum atomic E-state index is -0.927. The number of anilines is 1. The van der Waals surface area contributed by atoms with Gasteiger partial charge in [0.1, 0.15) is 22.8 Å². The van der Waals surface area contributed by atoms with Gasteiger partial charge in [0.25, 0.3) is 17.5 Å². The first kappa shape index (κ1) is 32.9. The predicted octanol–water partition coefficient (Wildman–Crippen LogP) is 6.17. The van der Waals surface area contributed by atoms with Crippen LogP contribution in [-0.4, -0.2) is 45.5 Å². The molecule has 4 amide bonds. The van der Waals surface area contributed by atoms with E-state index in [1.165, 1.54) is 12.1 Å². The van der Waals surface area contributed by atoms with Crippen molar-refractivity contribution in [3.8, 4) is 28.7 Å². The molecule has 1 N–H and O–H groups in total. The molecule has 0 atom stereocenters. The van der Waals surface area contributed by atoms with E-state index in [4.69, 9.17) is 14.2 Å². The molecule has 0 unspecified atom stereocenters. The number of nitrogens with one attached hydrogen (secondary N) is 1. The predicted molar refractivity (Wildman–Crippen MR) is 173 cm³/mol. The normalized spacial score (nSPS) is 13.8. The number of rotatable bonds is 11. The molecule has 15 heteroatoms. The summed E-state index contributed by atoms with van der Waals surface area (Å²) in [5.41, 5.74) is 1.48. The van der Waals surface area contributed by atoms with E-state index in [9.17, 15) is 34.6 Å². The van der Waals surface area contributed by atoms with E-state index >= 15 is 0 Å². The summed E-state index contributed by atoms with van der Waals surface area (Å²) >= 11 is 0. The van der Waals surface area contributed by atoms with Gasteiger partial charge in [0.15, 0.2) is 0 Å². The fraction of sp³-hybridized carbons (Fsp3) is 0.182. The van der Waals surface area contributed by atoms with Gasteiger partial charge in [-0.05, 0) is 87.9 Å². The van der Waals surface area contributed by atoms with Crippen LogP contribution in [0.15, 0.2) is 72.3 Å². The number of aromatic nitrogens is 1.